The van der Waals surface area contributed by atoms with E-state index >= 15 is 0 Å². The highest BCUT2D eigenvalue weighted by atomic mass is 32.1. The number of nitrogens with two attached hydrogens (primary N) is 2. The number of benzene rings is 1. The SMILES string of the molecule is CC(C)C(C)Oc1ccc(S)cc1N.CN. The van der Waals surface area contributed by atoms with Crippen molar-refractivity contribution in [1.29, 1.82) is 0 Å². The summed E-state index contributed by atoms with van der Waals surface area (Å²) in [4.78, 5) is 0.854. The number of nitrogen functional groups attached to an aromatic ring is 1. The third kappa shape index (κ3) is 4.77. The summed E-state index contributed by atoms with van der Waals surface area (Å²) in [7, 11) is 1.50. The summed E-state index contributed by atoms with van der Waals surface area (Å²) < 4.78 is 5.70. The average molecular weight is 242 g/mol. The molecule has 1 unspecified atom stereocenters. The van der Waals surface area contributed by atoms with Crippen LogP contribution >= 0.6 is 12.6 Å². The summed E-state index contributed by atoms with van der Waals surface area (Å²) in [6, 6.07) is 5.53. The molecule has 0 heterocycles. The molecule has 4 heteroatoms. The van der Waals surface area contributed by atoms with Crippen molar-refractivity contribution >= 4 is 18.3 Å². The first-order valence-electron chi connectivity index (χ1n) is 5.33. The van der Waals surface area contributed by atoms with Gasteiger partial charge in [0.1, 0.15) is 5.75 Å². The molecule has 16 heavy (non-hydrogen) atoms. The molecule has 0 aromatic heterocycles. The molecule has 0 spiro atoms. The van der Waals surface area contributed by atoms with E-state index in [9.17, 15) is 0 Å². The molecule has 1 aromatic rings. The monoisotopic (exact) mass is 242 g/mol. The molecule has 92 valence electrons. The van der Waals surface area contributed by atoms with Gasteiger partial charge in [0.25, 0.3) is 0 Å². The van der Waals surface area contributed by atoms with Crippen molar-refractivity contribution in [2.45, 2.75) is 31.8 Å². The van der Waals surface area contributed by atoms with E-state index in [-0.39, 0.29) is 6.10 Å². The number of thiol groups is 1. The molecule has 3 nitrogen and oxygen atoms in total. The number of hydrogen-bond donors (Lipinski definition) is 3. The van der Waals surface area contributed by atoms with Crippen LogP contribution in [0.25, 0.3) is 0 Å². The fourth-order valence-electron chi connectivity index (χ4n) is 0.980. The Bertz CT molecular complexity index is 316. The van der Waals surface area contributed by atoms with Crippen LogP contribution in [0, 0.1) is 5.92 Å². The predicted octanol–water partition coefficient (Wildman–Crippen LogP) is 2.56. The molecule has 1 aromatic carbocycles. The molecule has 1 rings (SSSR count). The summed E-state index contributed by atoms with van der Waals surface area (Å²) in [6.45, 7) is 6.28. The van der Waals surface area contributed by atoms with Crippen molar-refractivity contribution in [3.63, 3.8) is 0 Å². The van der Waals surface area contributed by atoms with Gasteiger partial charge < -0.3 is 16.2 Å². The highest BCUT2D eigenvalue weighted by Gasteiger charge is 2.10. The molecule has 0 aliphatic heterocycles. The van der Waals surface area contributed by atoms with E-state index in [1.807, 2.05) is 19.1 Å². The van der Waals surface area contributed by atoms with Crippen molar-refractivity contribution in [3.8, 4) is 5.75 Å². The second-order valence-electron chi connectivity index (χ2n) is 3.79. The van der Waals surface area contributed by atoms with E-state index in [2.05, 4.69) is 32.2 Å². The zero-order valence-electron chi connectivity index (χ0n) is 10.4. The van der Waals surface area contributed by atoms with E-state index in [1.54, 1.807) is 6.07 Å². The minimum Gasteiger partial charge on any atom is -0.488 e. The largest absolute Gasteiger partial charge is 0.488 e. The second kappa shape index (κ2) is 7.41. The Morgan fingerprint density at radius 2 is 1.75 bits per heavy atom. The molecule has 0 radical (unpaired) electrons. The van der Waals surface area contributed by atoms with Crippen LogP contribution in [-0.4, -0.2) is 13.2 Å². The predicted molar refractivity (Wildman–Crippen MR) is 73.1 cm³/mol. The van der Waals surface area contributed by atoms with E-state index in [1.165, 1.54) is 7.05 Å². The van der Waals surface area contributed by atoms with Crippen molar-refractivity contribution in [1.82, 2.24) is 0 Å². The van der Waals surface area contributed by atoms with Gasteiger partial charge >= 0.3 is 0 Å². The molecule has 0 aliphatic carbocycles. The first-order valence-corrected chi connectivity index (χ1v) is 5.78. The zero-order chi connectivity index (χ0) is 12.7. The molecule has 4 N–H and O–H groups in total. The summed E-state index contributed by atoms with van der Waals surface area (Å²) in [6.07, 6.45) is 0.170. The average Bonchev–Trinajstić information content (AvgIpc) is 2.25. The summed E-state index contributed by atoms with van der Waals surface area (Å²) in [5.74, 6) is 1.22. The van der Waals surface area contributed by atoms with Gasteiger partial charge in [-0.3, -0.25) is 0 Å². The normalized spacial score (nSPS) is 11.7. The number of hydrogen-bond acceptors (Lipinski definition) is 4. The van der Waals surface area contributed by atoms with Gasteiger partial charge in [0.2, 0.25) is 0 Å². The fraction of sp³-hybridized carbons (Fsp3) is 0.500. The Hall–Kier alpha value is -0.870. The van der Waals surface area contributed by atoms with Crippen molar-refractivity contribution in [2.75, 3.05) is 12.8 Å². The lowest BCUT2D eigenvalue weighted by molar-refractivity contribution is 0.171. The zero-order valence-corrected chi connectivity index (χ0v) is 11.3. The lowest BCUT2D eigenvalue weighted by Crippen LogP contribution is -2.19. The molecule has 0 saturated carbocycles. The minimum absolute atomic E-state index is 0.170. The van der Waals surface area contributed by atoms with Crippen LogP contribution in [0.1, 0.15) is 20.8 Å². The highest BCUT2D eigenvalue weighted by molar-refractivity contribution is 7.80. The van der Waals surface area contributed by atoms with Gasteiger partial charge in [0.05, 0.1) is 11.8 Å². The smallest absolute Gasteiger partial charge is 0.142 e. The van der Waals surface area contributed by atoms with Gasteiger partial charge in [0.15, 0.2) is 0 Å². The van der Waals surface area contributed by atoms with Gasteiger partial charge in [-0.05, 0) is 38.1 Å². The Morgan fingerprint density at radius 1 is 1.19 bits per heavy atom. The van der Waals surface area contributed by atoms with Crippen LogP contribution in [0.15, 0.2) is 23.1 Å². The maximum absolute atomic E-state index is 5.80. The molecule has 1 atom stereocenters. The number of rotatable bonds is 3. The minimum atomic E-state index is 0.170. The molecule has 0 amide bonds. The molecule has 0 bridgehead atoms. The van der Waals surface area contributed by atoms with Crippen molar-refractivity contribution in [2.24, 2.45) is 11.7 Å². The Labute approximate surface area is 104 Å². The van der Waals surface area contributed by atoms with Crippen LogP contribution in [0.4, 0.5) is 5.69 Å². The van der Waals surface area contributed by atoms with Gasteiger partial charge in [-0.1, -0.05) is 13.8 Å². The number of ether oxygens (including phenoxy) is 1. The summed E-state index contributed by atoms with van der Waals surface area (Å²) in [5.41, 5.74) is 10.9. The van der Waals surface area contributed by atoms with Crippen LogP contribution in [0.2, 0.25) is 0 Å². The number of anilines is 1. The highest BCUT2D eigenvalue weighted by Crippen LogP contribution is 2.26. The fourth-order valence-corrected chi connectivity index (χ4v) is 1.19. The summed E-state index contributed by atoms with van der Waals surface area (Å²) in [5, 5.41) is 0. The maximum atomic E-state index is 5.80. The van der Waals surface area contributed by atoms with Crippen LogP contribution in [0.3, 0.4) is 0 Å². The topological polar surface area (TPSA) is 61.3 Å². The van der Waals surface area contributed by atoms with E-state index in [0.29, 0.717) is 11.6 Å². The Kier molecular flexibility index (Phi) is 7.01. The van der Waals surface area contributed by atoms with E-state index < -0.39 is 0 Å². The lowest BCUT2D eigenvalue weighted by Gasteiger charge is -2.19. The molecule has 0 aliphatic rings. The molecule has 0 fully saturated rings. The van der Waals surface area contributed by atoms with Crippen molar-refractivity contribution < 1.29 is 4.74 Å². The first-order chi connectivity index (χ1) is 7.50. The van der Waals surface area contributed by atoms with Crippen LogP contribution < -0.4 is 16.2 Å². The van der Waals surface area contributed by atoms with Crippen molar-refractivity contribution in [3.05, 3.63) is 18.2 Å². The van der Waals surface area contributed by atoms with Gasteiger partial charge in [0, 0.05) is 4.90 Å². The maximum Gasteiger partial charge on any atom is 0.142 e. The first kappa shape index (κ1) is 15.1. The second-order valence-corrected chi connectivity index (χ2v) is 4.31. The third-order valence-corrected chi connectivity index (χ3v) is 2.52. The standard InChI is InChI=1S/C11H17NOS.CH5N/c1-7(2)8(3)13-11-5-4-9(14)6-10(11)12;1-2/h4-8,14H,12H2,1-3H3;2H2,1H3. The molecular formula is C12H22N2OS. The van der Waals surface area contributed by atoms with E-state index in [0.717, 1.165) is 10.6 Å². The third-order valence-electron chi connectivity index (χ3n) is 2.25. The van der Waals surface area contributed by atoms with Gasteiger partial charge in [-0.25, -0.2) is 0 Å². The Balaban J connectivity index is 0.00000106. The van der Waals surface area contributed by atoms with Crippen LogP contribution in [-0.2, 0) is 0 Å². The lowest BCUT2D eigenvalue weighted by atomic mass is 10.1. The van der Waals surface area contributed by atoms with Gasteiger partial charge in [-0.2, -0.15) is 0 Å². The van der Waals surface area contributed by atoms with Crippen LogP contribution in [0.5, 0.6) is 5.75 Å². The molecular weight excluding hydrogens is 220 g/mol. The summed E-state index contributed by atoms with van der Waals surface area (Å²) >= 11 is 4.20. The molecule has 0 saturated heterocycles. The Morgan fingerprint density at radius 3 is 2.19 bits per heavy atom. The van der Waals surface area contributed by atoms with E-state index in [4.69, 9.17) is 10.5 Å². The quantitative estimate of drug-likeness (QED) is 0.564. The van der Waals surface area contributed by atoms with Gasteiger partial charge in [-0.15, -0.1) is 12.6 Å².